The average molecular weight is 323 g/mol. The van der Waals surface area contributed by atoms with Crippen molar-refractivity contribution in [2.24, 2.45) is 4.99 Å². The largest absolute Gasteiger partial charge is 0.372 e. The van der Waals surface area contributed by atoms with E-state index < -0.39 is 0 Å². The molecule has 1 aromatic carbocycles. The van der Waals surface area contributed by atoms with Gasteiger partial charge in [-0.2, -0.15) is 9.97 Å². The Morgan fingerprint density at radius 2 is 1.62 bits per heavy atom. The number of nitrogens with zero attached hydrogens (tertiary/aromatic N) is 4. The van der Waals surface area contributed by atoms with Crippen LogP contribution in [0.2, 0.25) is 10.3 Å². The molecule has 0 fully saturated rings. The fraction of sp³-hybridized carbons (Fsp3) is 0.267. The summed E-state index contributed by atoms with van der Waals surface area (Å²) in [5.41, 5.74) is 2.16. The zero-order valence-corrected chi connectivity index (χ0v) is 13.4. The van der Waals surface area contributed by atoms with Crippen molar-refractivity contribution >= 4 is 41.1 Å². The van der Waals surface area contributed by atoms with Crippen molar-refractivity contribution in [3.05, 3.63) is 46.2 Å². The molecule has 6 heteroatoms. The summed E-state index contributed by atoms with van der Waals surface area (Å²) in [7, 11) is 0. The number of rotatable bonds is 5. The first-order valence-electron chi connectivity index (χ1n) is 6.71. The second-order valence-corrected chi connectivity index (χ2v) is 5.11. The molecule has 110 valence electrons. The van der Waals surface area contributed by atoms with E-state index >= 15 is 0 Å². The molecule has 2 rings (SSSR count). The Kier molecular flexibility index (Phi) is 5.53. The van der Waals surface area contributed by atoms with Crippen LogP contribution < -0.4 is 4.90 Å². The van der Waals surface area contributed by atoms with Crippen LogP contribution in [0.15, 0.2) is 35.3 Å². The molecule has 4 nitrogen and oxygen atoms in total. The van der Waals surface area contributed by atoms with E-state index in [-0.39, 0.29) is 16.3 Å². The van der Waals surface area contributed by atoms with Crippen molar-refractivity contribution in [2.45, 2.75) is 13.8 Å². The van der Waals surface area contributed by atoms with Crippen LogP contribution in [0.1, 0.15) is 19.4 Å². The first-order valence-corrected chi connectivity index (χ1v) is 7.47. The van der Waals surface area contributed by atoms with Gasteiger partial charge in [0, 0.05) is 31.1 Å². The van der Waals surface area contributed by atoms with Crippen LogP contribution in [0, 0.1) is 0 Å². The monoisotopic (exact) mass is 322 g/mol. The Morgan fingerprint density at radius 3 is 2.14 bits per heavy atom. The SMILES string of the molecule is CCN(CC)c1ccc(C=Nc2nc(Cl)cc(Cl)n2)cc1. The van der Waals surface area contributed by atoms with Gasteiger partial charge in [-0.15, -0.1) is 0 Å². The third-order valence-corrected chi connectivity index (χ3v) is 3.39. The van der Waals surface area contributed by atoms with E-state index in [1.165, 1.54) is 11.8 Å². The second-order valence-electron chi connectivity index (χ2n) is 4.34. The van der Waals surface area contributed by atoms with Crippen molar-refractivity contribution in [1.29, 1.82) is 0 Å². The summed E-state index contributed by atoms with van der Waals surface area (Å²) in [6, 6.07) is 9.62. The zero-order chi connectivity index (χ0) is 15.2. The molecule has 1 aromatic heterocycles. The third-order valence-electron chi connectivity index (χ3n) is 3.00. The van der Waals surface area contributed by atoms with Gasteiger partial charge < -0.3 is 4.90 Å². The number of halogens is 2. The lowest BCUT2D eigenvalue weighted by atomic mass is 10.2. The molecule has 0 amide bonds. The fourth-order valence-electron chi connectivity index (χ4n) is 1.93. The predicted octanol–water partition coefficient (Wildman–Crippen LogP) is 4.38. The van der Waals surface area contributed by atoms with E-state index in [2.05, 4.69) is 45.8 Å². The van der Waals surface area contributed by atoms with Crippen LogP contribution in [-0.2, 0) is 0 Å². The topological polar surface area (TPSA) is 41.4 Å². The second kappa shape index (κ2) is 7.38. The Labute approximate surface area is 134 Å². The van der Waals surface area contributed by atoms with Gasteiger partial charge >= 0.3 is 0 Å². The highest BCUT2D eigenvalue weighted by atomic mass is 35.5. The Bertz CT molecular complexity index is 602. The molecule has 0 aliphatic carbocycles. The Morgan fingerprint density at radius 1 is 1.05 bits per heavy atom. The number of anilines is 1. The minimum Gasteiger partial charge on any atom is -0.372 e. The standard InChI is InChI=1S/C15H16Cl2N4/c1-3-21(4-2)12-7-5-11(6-8-12)10-18-15-19-13(16)9-14(17)20-15/h5-10H,3-4H2,1-2H3. The van der Waals surface area contributed by atoms with Gasteiger partial charge in [0.1, 0.15) is 10.3 Å². The molecular weight excluding hydrogens is 307 g/mol. The maximum atomic E-state index is 5.80. The normalized spacial score (nSPS) is 11.0. The van der Waals surface area contributed by atoms with Crippen LogP contribution in [-0.4, -0.2) is 29.3 Å². The maximum absolute atomic E-state index is 5.80. The fourth-order valence-corrected chi connectivity index (χ4v) is 2.34. The summed E-state index contributed by atoms with van der Waals surface area (Å²) >= 11 is 11.6. The average Bonchev–Trinajstić information content (AvgIpc) is 2.47. The number of benzene rings is 1. The summed E-state index contributed by atoms with van der Waals surface area (Å²) < 4.78 is 0. The molecular formula is C15H16Cl2N4. The molecule has 21 heavy (non-hydrogen) atoms. The van der Waals surface area contributed by atoms with E-state index in [0.717, 1.165) is 18.7 Å². The zero-order valence-electron chi connectivity index (χ0n) is 11.9. The van der Waals surface area contributed by atoms with E-state index in [1.54, 1.807) is 6.21 Å². The lowest BCUT2D eigenvalue weighted by molar-refractivity contribution is 0.866. The van der Waals surface area contributed by atoms with Gasteiger partial charge in [0.05, 0.1) is 0 Å². The van der Waals surface area contributed by atoms with Crippen LogP contribution >= 0.6 is 23.2 Å². The Balaban J connectivity index is 2.14. The van der Waals surface area contributed by atoms with Crippen molar-refractivity contribution < 1.29 is 0 Å². The molecule has 0 N–H and O–H groups in total. The highest BCUT2D eigenvalue weighted by molar-refractivity contribution is 6.33. The molecule has 2 aromatic rings. The third kappa shape index (κ3) is 4.41. The molecule has 0 saturated carbocycles. The number of aliphatic imine (C=N–C) groups is 1. The molecule has 1 heterocycles. The van der Waals surface area contributed by atoms with Gasteiger partial charge in [-0.25, -0.2) is 4.99 Å². The minimum atomic E-state index is 0.250. The lowest BCUT2D eigenvalue weighted by Crippen LogP contribution is -2.21. The van der Waals surface area contributed by atoms with Gasteiger partial charge in [0.2, 0.25) is 0 Å². The van der Waals surface area contributed by atoms with Crippen LogP contribution in [0.5, 0.6) is 0 Å². The first-order chi connectivity index (χ1) is 10.1. The van der Waals surface area contributed by atoms with Gasteiger partial charge in [0.25, 0.3) is 5.95 Å². The molecule has 0 saturated heterocycles. The molecule has 0 atom stereocenters. The quantitative estimate of drug-likeness (QED) is 0.606. The number of aromatic nitrogens is 2. The number of hydrogen-bond donors (Lipinski definition) is 0. The van der Waals surface area contributed by atoms with E-state index in [9.17, 15) is 0 Å². The highest BCUT2D eigenvalue weighted by Gasteiger charge is 2.01. The summed E-state index contributed by atoms with van der Waals surface area (Å²) in [6.07, 6.45) is 1.69. The van der Waals surface area contributed by atoms with Crippen molar-refractivity contribution in [2.75, 3.05) is 18.0 Å². The lowest BCUT2D eigenvalue weighted by Gasteiger charge is -2.20. The van der Waals surface area contributed by atoms with E-state index in [0.29, 0.717) is 0 Å². The van der Waals surface area contributed by atoms with Crippen LogP contribution in [0.3, 0.4) is 0 Å². The molecule has 0 aliphatic heterocycles. The van der Waals surface area contributed by atoms with Crippen LogP contribution in [0.4, 0.5) is 11.6 Å². The van der Waals surface area contributed by atoms with E-state index in [4.69, 9.17) is 23.2 Å². The van der Waals surface area contributed by atoms with Crippen molar-refractivity contribution in [1.82, 2.24) is 9.97 Å². The molecule has 0 spiro atoms. The van der Waals surface area contributed by atoms with Crippen molar-refractivity contribution in [3.63, 3.8) is 0 Å². The molecule has 0 bridgehead atoms. The summed E-state index contributed by atoms with van der Waals surface area (Å²) in [6.45, 7) is 6.25. The van der Waals surface area contributed by atoms with Gasteiger partial charge in [-0.1, -0.05) is 35.3 Å². The minimum absolute atomic E-state index is 0.250. The summed E-state index contributed by atoms with van der Waals surface area (Å²) in [4.78, 5) is 14.4. The molecule has 0 unspecified atom stereocenters. The summed E-state index contributed by atoms with van der Waals surface area (Å²) in [5, 5.41) is 0.554. The van der Waals surface area contributed by atoms with E-state index in [1.807, 2.05) is 12.1 Å². The molecule has 0 aliphatic rings. The van der Waals surface area contributed by atoms with Gasteiger partial charge in [-0.3, -0.25) is 0 Å². The van der Waals surface area contributed by atoms with Gasteiger partial charge in [0.15, 0.2) is 0 Å². The predicted molar refractivity (Wildman–Crippen MR) is 89.3 cm³/mol. The maximum Gasteiger partial charge on any atom is 0.252 e. The smallest absolute Gasteiger partial charge is 0.252 e. The van der Waals surface area contributed by atoms with Crippen molar-refractivity contribution in [3.8, 4) is 0 Å². The van der Waals surface area contributed by atoms with Gasteiger partial charge in [-0.05, 0) is 31.5 Å². The summed E-state index contributed by atoms with van der Waals surface area (Å²) in [5.74, 6) is 0.250. The first kappa shape index (κ1) is 15.7. The molecule has 0 radical (unpaired) electrons. The van der Waals surface area contributed by atoms with Crippen LogP contribution in [0.25, 0.3) is 0 Å². The number of hydrogen-bond acceptors (Lipinski definition) is 4. The highest BCUT2D eigenvalue weighted by Crippen LogP contribution is 2.17. The Hall–Kier alpha value is -1.65.